The fraction of sp³-hybridized carbons (Fsp3) is 0.620. The molecule has 8 rings (SSSR count). The van der Waals surface area contributed by atoms with Crippen molar-refractivity contribution in [3.63, 3.8) is 0 Å². The molecule has 15 atom stereocenters. The molecular formula is C71H95NO17. The Balaban J connectivity index is 1.03. The predicted molar refractivity (Wildman–Crippen MR) is 331 cm³/mol. The first-order chi connectivity index (χ1) is 42.4. The van der Waals surface area contributed by atoms with Crippen molar-refractivity contribution in [2.24, 2.45) is 40.9 Å². The van der Waals surface area contributed by atoms with Gasteiger partial charge in [0, 0.05) is 76.5 Å². The van der Waals surface area contributed by atoms with Gasteiger partial charge in [0.2, 0.25) is 11.6 Å². The molecule has 18 nitrogen and oxygen atoms in total. The van der Waals surface area contributed by atoms with E-state index in [0.29, 0.717) is 63.4 Å². The van der Waals surface area contributed by atoms with Gasteiger partial charge in [-0.1, -0.05) is 120 Å². The van der Waals surface area contributed by atoms with Crippen LogP contribution in [-0.4, -0.2) is 147 Å². The fourth-order valence-electron chi connectivity index (χ4n) is 14.0. The standard InChI is InChI=1S/C71H95NO17/c1-42-22-14-13-15-23-43(2)59(81-10)38-51-31-29-48(7)70(80,89-51)65(76)66(77)72-33-21-20-28-56(72)67(78)87-60(39-57(74)44(3)35-47(6)63(86-49(8)73)64(83-12)62(75)46(5)34-42)45(4)36-50-30-32-58(61(37-50)82-11)88-68(79)69(9)40-84-71(85-41-69)54-26-18-16-24-52(54)53-25-17-19-27-55(53)71/h13-19,22-27,35,42,44-46,48,50-51,56,58-61,63-64,80H,20-21,28-34,36-41H2,1-12H3/b15-13?,22-14+,43-23?,47-35+/t42-,44-,45-,46-,48-,50+,51+,56+,58-,59+,60+,61-,63-,64+,70-/m1/s1. The van der Waals surface area contributed by atoms with Crippen LogP contribution in [0.3, 0.4) is 0 Å². The number of aliphatic hydroxyl groups is 1. The molecule has 486 valence electrons. The number of benzene rings is 2. The Kier molecular flexibility index (Phi) is 23.2. The lowest BCUT2D eigenvalue weighted by atomic mass is 9.78. The van der Waals surface area contributed by atoms with Gasteiger partial charge >= 0.3 is 17.9 Å². The van der Waals surface area contributed by atoms with E-state index in [9.17, 15) is 38.7 Å². The maximum atomic E-state index is 14.9. The molecular weight excluding hydrogens is 1140 g/mol. The molecule has 1 amide bonds. The molecule has 0 aromatic heterocycles. The number of methoxy groups -OCH3 is 3. The molecule has 6 aliphatic rings. The smallest absolute Gasteiger partial charge is 0.329 e. The zero-order valence-corrected chi connectivity index (χ0v) is 54.2. The molecule has 18 heteroatoms. The highest BCUT2D eigenvalue weighted by Gasteiger charge is 2.55. The van der Waals surface area contributed by atoms with Crippen LogP contribution in [0, 0.1) is 40.9 Å². The molecule has 3 saturated heterocycles. The number of ether oxygens (including phenoxy) is 9. The second-order valence-electron chi connectivity index (χ2n) is 26.4. The molecule has 2 aromatic rings. The Bertz CT molecular complexity index is 2960. The maximum Gasteiger partial charge on any atom is 0.329 e. The molecule has 2 bridgehead atoms. The van der Waals surface area contributed by atoms with E-state index < -0.39 is 119 Å². The maximum absolute atomic E-state index is 14.9. The average Bonchev–Trinajstić information content (AvgIpc) is 1.61. The number of carbonyl (C=O) groups is 7. The summed E-state index contributed by atoms with van der Waals surface area (Å²) in [6.07, 6.45) is 10.1. The molecule has 4 aliphatic heterocycles. The molecule has 4 fully saturated rings. The minimum absolute atomic E-state index is 0.0371. The van der Waals surface area contributed by atoms with Gasteiger partial charge in [0.05, 0.1) is 31.5 Å². The van der Waals surface area contributed by atoms with Crippen molar-refractivity contribution in [1.29, 1.82) is 0 Å². The third-order valence-electron chi connectivity index (χ3n) is 19.5. The normalized spacial score (nSPS) is 34.0. The van der Waals surface area contributed by atoms with Crippen molar-refractivity contribution in [1.82, 2.24) is 4.90 Å². The Labute approximate surface area is 525 Å². The Morgan fingerprint density at radius 3 is 2.07 bits per heavy atom. The summed E-state index contributed by atoms with van der Waals surface area (Å²) in [4.78, 5) is 101. The number of hydrogen-bond donors (Lipinski definition) is 1. The molecule has 2 aliphatic carbocycles. The lowest BCUT2D eigenvalue weighted by Gasteiger charge is -2.44. The number of esters is 3. The fourth-order valence-corrected chi connectivity index (χ4v) is 14.0. The number of carbonyl (C=O) groups excluding carboxylic acids is 7. The van der Waals surface area contributed by atoms with E-state index in [1.807, 2.05) is 107 Å². The van der Waals surface area contributed by atoms with E-state index in [0.717, 1.165) is 27.8 Å². The van der Waals surface area contributed by atoms with Crippen molar-refractivity contribution < 1.29 is 81.3 Å². The van der Waals surface area contributed by atoms with Crippen molar-refractivity contribution in [3.8, 4) is 11.1 Å². The van der Waals surface area contributed by atoms with Crippen molar-refractivity contribution in [2.75, 3.05) is 41.1 Å². The number of fused-ring (bicyclic) bond motifs is 8. The molecule has 0 unspecified atom stereocenters. The van der Waals surface area contributed by atoms with Crippen molar-refractivity contribution >= 4 is 41.2 Å². The van der Waals surface area contributed by atoms with Crippen LogP contribution in [0.2, 0.25) is 0 Å². The lowest BCUT2D eigenvalue weighted by molar-refractivity contribution is -0.286. The number of amides is 1. The summed E-state index contributed by atoms with van der Waals surface area (Å²) in [5, 5.41) is 12.2. The zero-order chi connectivity index (χ0) is 64.5. The van der Waals surface area contributed by atoms with E-state index in [4.69, 9.17) is 42.6 Å². The molecule has 4 heterocycles. The zero-order valence-electron chi connectivity index (χ0n) is 54.2. The highest BCUT2D eigenvalue weighted by Crippen LogP contribution is 2.53. The number of allylic oxidation sites excluding steroid dienone is 6. The van der Waals surface area contributed by atoms with Gasteiger partial charge in [-0.3, -0.25) is 28.8 Å². The minimum Gasteiger partial charge on any atom is -0.460 e. The van der Waals surface area contributed by atoms with Crippen LogP contribution in [0.1, 0.15) is 150 Å². The van der Waals surface area contributed by atoms with Gasteiger partial charge in [0.1, 0.15) is 29.4 Å². The van der Waals surface area contributed by atoms with E-state index in [2.05, 4.69) is 0 Å². The van der Waals surface area contributed by atoms with Crippen LogP contribution in [0.15, 0.2) is 96.1 Å². The highest BCUT2D eigenvalue weighted by atomic mass is 16.7. The van der Waals surface area contributed by atoms with Crippen LogP contribution in [0.25, 0.3) is 11.1 Å². The van der Waals surface area contributed by atoms with E-state index >= 15 is 0 Å². The van der Waals surface area contributed by atoms with Gasteiger partial charge in [0.15, 0.2) is 18.0 Å². The summed E-state index contributed by atoms with van der Waals surface area (Å²) < 4.78 is 55.8. The van der Waals surface area contributed by atoms with Crippen LogP contribution < -0.4 is 0 Å². The molecule has 2 aromatic carbocycles. The van der Waals surface area contributed by atoms with Gasteiger partial charge in [-0.05, 0) is 125 Å². The number of hydrogen-bond acceptors (Lipinski definition) is 17. The average molecular weight is 1230 g/mol. The van der Waals surface area contributed by atoms with Gasteiger partial charge in [-0.2, -0.15) is 0 Å². The van der Waals surface area contributed by atoms with E-state index in [1.165, 1.54) is 18.9 Å². The summed E-state index contributed by atoms with van der Waals surface area (Å²) in [5.41, 5.74) is 3.95. The van der Waals surface area contributed by atoms with Gasteiger partial charge in [0.25, 0.3) is 11.7 Å². The number of ketones is 3. The lowest BCUT2D eigenvalue weighted by Crippen LogP contribution is -2.61. The molecule has 0 radical (unpaired) electrons. The van der Waals surface area contributed by atoms with Crippen LogP contribution in [0.5, 0.6) is 0 Å². The van der Waals surface area contributed by atoms with Crippen LogP contribution in [0.4, 0.5) is 0 Å². The van der Waals surface area contributed by atoms with Crippen LogP contribution >= 0.6 is 0 Å². The summed E-state index contributed by atoms with van der Waals surface area (Å²) in [6.45, 7) is 15.8. The third kappa shape index (κ3) is 15.5. The monoisotopic (exact) mass is 1230 g/mol. The number of nitrogens with zero attached hydrogens (tertiary/aromatic N) is 1. The Hall–Kier alpha value is -5.99. The van der Waals surface area contributed by atoms with Gasteiger partial charge in [-0.15, -0.1) is 0 Å². The molecule has 1 spiro atoms. The summed E-state index contributed by atoms with van der Waals surface area (Å²) >= 11 is 0. The van der Waals surface area contributed by atoms with Gasteiger partial charge < -0.3 is 52.6 Å². The Morgan fingerprint density at radius 2 is 1.43 bits per heavy atom. The van der Waals surface area contributed by atoms with Crippen molar-refractivity contribution in [3.05, 3.63) is 107 Å². The SMILES string of the molecule is CO[C@H]1C[C@@H]2CC[C@@H](C)[C@@](O)(O2)C(=O)C(=O)N2CCCC[C@H]2C(=O)O[C@H]([C@H](C)C[C@@H]2CC[C@@H](OC(=O)C3(C)COC4(OC3)c3ccccc3-c3ccccc34)[C@H](OC)C2)CC(=O)[C@H](C)/C=C(\C)[C@@H](OC(C)=O)[C@@H](OC)C(=O)[C@H](C)C[C@H](C)/C=C/C=CC=C1C. The quantitative estimate of drug-likeness (QED) is 0.107. The van der Waals surface area contributed by atoms with E-state index in [-0.39, 0.29) is 62.4 Å². The number of cyclic esters (lactones) is 1. The largest absolute Gasteiger partial charge is 0.460 e. The summed E-state index contributed by atoms with van der Waals surface area (Å²) in [6, 6.07) is 14.7. The highest BCUT2D eigenvalue weighted by molar-refractivity contribution is 6.39. The first-order valence-electron chi connectivity index (χ1n) is 32.0. The molecule has 1 N–H and O–H groups in total. The first-order valence-corrected chi connectivity index (χ1v) is 32.0. The van der Waals surface area contributed by atoms with Crippen LogP contribution in [-0.2, 0) is 82.0 Å². The predicted octanol–water partition coefficient (Wildman–Crippen LogP) is 10.2. The molecule has 1 saturated carbocycles. The third-order valence-corrected chi connectivity index (χ3v) is 19.5. The van der Waals surface area contributed by atoms with Gasteiger partial charge in [-0.25, -0.2) is 4.79 Å². The minimum atomic E-state index is -2.48. The number of piperidine rings is 1. The van der Waals surface area contributed by atoms with Crippen molar-refractivity contribution in [2.45, 2.75) is 200 Å². The first kappa shape index (κ1) is 68.9. The van der Waals surface area contributed by atoms with E-state index in [1.54, 1.807) is 48.0 Å². The second kappa shape index (κ2) is 30.0. The Morgan fingerprint density at radius 1 is 0.753 bits per heavy atom. The molecule has 89 heavy (non-hydrogen) atoms. The number of Topliss-reactive ketones (excluding diaryl/α,β-unsaturated/α-hetero) is 3. The summed E-state index contributed by atoms with van der Waals surface area (Å²) in [7, 11) is 4.53. The number of rotatable bonds is 9. The topological polar surface area (TPSA) is 226 Å². The second-order valence-corrected chi connectivity index (χ2v) is 26.4. The summed E-state index contributed by atoms with van der Waals surface area (Å²) in [5.74, 6) is -11.0.